The van der Waals surface area contributed by atoms with Crippen LogP contribution in [0.4, 0.5) is 0 Å². The summed E-state index contributed by atoms with van der Waals surface area (Å²) in [6, 6.07) is 8.01. The highest BCUT2D eigenvalue weighted by Gasteiger charge is 1.88. The van der Waals surface area contributed by atoms with Crippen molar-refractivity contribution in [3.05, 3.63) is 30.5 Å². The highest BCUT2D eigenvalue weighted by atomic mass is 79.9. The van der Waals surface area contributed by atoms with Gasteiger partial charge in [0.25, 0.3) is 0 Å². The molecule has 0 atom stereocenters. The summed E-state index contributed by atoms with van der Waals surface area (Å²) < 4.78 is 0. The first kappa shape index (κ1) is 7.28. The second-order valence-electron chi connectivity index (χ2n) is 1.96. The Labute approximate surface area is 69.0 Å². The summed E-state index contributed by atoms with van der Waals surface area (Å²) in [5, 5.41) is 7.91. The van der Waals surface area contributed by atoms with Crippen molar-refractivity contribution in [2.75, 3.05) is 0 Å². The zero-order chi connectivity index (χ0) is 6.10. The molecule has 2 rings (SSSR count). The summed E-state index contributed by atoms with van der Waals surface area (Å²) >= 11 is 0. The van der Waals surface area contributed by atoms with Crippen LogP contribution in [0.15, 0.2) is 30.5 Å². The fourth-order valence-electron chi connectivity index (χ4n) is 0.883. The smallest absolute Gasteiger partial charge is 0.0650 e. The van der Waals surface area contributed by atoms with Gasteiger partial charge in [0.15, 0.2) is 0 Å². The van der Waals surface area contributed by atoms with E-state index in [-0.39, 0.29) is 17.0 Å². The maximum atomic E-state index is 3.88. The molecule has 0 fully saturated rings. The number of fused-ring (bicyclic) bond motifs is 1. The van der Waals surface area contributed by atoms with Crippen molar-refractivity contribution in [3.8, 4) is 0 Å². The molecule has 0 amide bonds. The number of benzene rings is 1. The lowest BCUT2D eigenvalue weighted by Gasteiger charge is -1.81. The minimum Gasteiger partial charge on any atom is -0.278 e. The number of aromatic amines is 1. The van der Waals surface area contributed by atoms with Crippen molar-refractivity contribution in [1.29, 1.82) is 0 Å². The van der Waals surface area contributed by atoms with Crippen LogP contribution in [0.3, 0.4) is 0 Å². The Bertz CT molecular complexity index is 286. The fourth-order valence-corrected chi connectivity index (χ4v) is 0.883. The molecule has 2 nitrogen and oxygen atoms in total. The van der Waals surface area contributed by atoms with Gasteiger partial charge in [-0.05, 0) is 6.07 Å². The second-order valence-corrected chi connectivity index (χ2v) is 1.96. The van der Waals surface area contributed by atoms with Crippen LogP contribution < -0.4 is 0 Å². The predicted molar refractivity (Wildman–Crippen MR) is 46.4 cm³/mol. The van der Waals surface area contributed by atoms with Crippen LogP contribution in [0.2, 0.25) is 0 Å². The molecule has 1 heterocycles. The molecule has 0 saturated heterocycles. The average Bonchev–Trinajstić information content (AvgIpc) is 2.33. The molecule has 1 N–H and O–H groups in total. The molecular weight excluding hydrogens is 192 g/mol. The normalized spacial score (nSPS) is 9.20. The second kappa shape index (κ2) is 2.84. The highest BCUT2D eigenvalue weighted by molar-refractivity contribution is 8.93. The number of H-pyrrole nitrogens is 1. The largest absolute Gasteiger partial charge is 0.278 e. The van der Waals surface area contributed by atoms with Crippen molar-refractivity contribution in [2.24, 2.45) is 0 Å². The molecule has 52 valence electrons. The molecule has 2 aromatic rings. The average molecular weight is 199 g/mol. The van der Waals surface area contributed by atoms with E-state index in [0.29, 0.717) is 0 Å². The van der Waals surface area contributed by atoms with Crippen molar-refractivity contribution in [3.63, 3.8) is 0 Å². The Morgan fingerprint density at radius 2 is 2.00 bits per heavy atom. The summed E-state index contributed by atoms with van der Waals surface area (Å²) in [4.78, 5) is 0. The van der Waals surface area contributed by atoms with Crippen molar-refractivity contribution >= 4 is 27.9 Å². The maximum Gasteiger partial charge on any atom is 0.0650 e. The van der Waals surface area contributed by atoms with Crippen LogP contribution in [-0.4, -0.2) is 10.2 Å². The summed E-state index contributed by atoms with van der Waals surface area (Å²) in [5.41, 5.74) is 1.09. The maximum absolute atomic E-state index is 3.88. The van der Waals surface area contributed by atoms with Crippen LogP contribution in [0.25, 0.3) is 10.9 Å². The lowest BCUT2D eigenvalue weighted by Crippen LogP contribution is -1.63. The van der Waals surface area contributed by atoms with E-state index in [9.17, 15) is 0 Å². The summed E-state index contributed by atoms with van der Waals surface area (Å²) in [7, 11) is 0. The Balaban J connectivity index is 0.000000500. The molecule has 10 heavy (non-hydrogen) atoms. The number of hydrogen-bond donors (Lipinski definition) is 1. The van der Waals surface area contributed by atoms with Crippen LogP contribution in [-0.2, 0) is 0 Å². The van der Waals surface area contributed by atoms with Gasteiger partial charge in [0.05, 0.1) is 11.7 Å². The van der Waals surface area contributed by atoms with Crippen LogP contribution in [0.5, 0.6) is 0 Å². The van der Waals surface area contributed by atoms with Gasteiger partial charge >= 0.3 is 0 Å². The van der Waals surface area contributed by atoms with Gasteiger partial charge in [-0.25, -0.2) is 0 Å². The number of nitrogens with one attached hydrogen (secondary N) is 1. The Kier molecular flexibility index (Phi) is 2.06. The van der Waals surface area contributed by atoms with E-state index in [0.717, 1.165) is 10.9 Å². The molecule has 0 bridgehead atoms. The summed E-state index contributed by atoms with van der Waals surface area (Å²) in [5.74, 6) is 0. The molecule has 0 aliphatic carbocycles. The Hall–Kier alpha value is -0.830. The number of hydrogen-bond acceptors (Lipinski definition) is 1. The molecule has 1 aromatic heterocycles. The van der Waals surface area contributed by atoms with Gasteiger partial charge < -0.3 is 0 Å². The van der Waals surface area contributed by atoms with Gasteiger partial charge in [0.2, 0.25) is 0 Å². The highest BCUT2D eigenvalue weighted by Crippen LogP contribution is 2.06. The van der Waals surface area contributed by atoms with Crippen molar-refractivity contribution in [1.82, 2.24) is 10.2 Å². The summed E-state index contributed by atoms with van der Waals surface area (Å²) in [6.07, 6.45) is 1.81. The third-order valence-electron chi connectivity index (χ3n) is 1.35. The number of rotatable bonds is 0. The van der Waals surface area contributed by atoms with E-state index in [2.05, 4.69) is 10.2 Å². The monoisotopic (exact) mass is 198 g/mol. The molecule has 1 aromatic carbocycles. The quantitative estimate of drug-likeness (QED) is 0.691. The molecule has 3 heteroatoms. The van der Waals surface area contributed by atoms with E-state index in [4.69, 9.17) is 0 Å². The van der Waals surface area contributed by atoms with E-state index in [1.807, 2.05) is 30.5 Å². The minimum absolute atomic E-state index is 0. The SMILES string of the molecule is Br.c1ccc2[nH]ncc2c1. The zero-order valence-electron chi connectivity index (χ0n) is 5.24. The van der Waals surface area contributed by atoms with Crippen molar-refractivity contribution < 1.29 is 0 Å². The van der Waals surface area contributed by atoms with Crippen LogP contribution >= 0.6 is 17.0 Å². The molecule has 0 spiro atoms. The molecule has 0 unspecified atom stereocenters. The Morgan fingerprint density at radius 3 is 2.80 bits per heavy atom. The van der Waals surface area contributed by atoms with Gasteiger partial charge in [-0.15, -0.1) is 17.0 Å². The van der Waals surface area contributed by atoms with Crippen molar-refractivity contribution in [2.45, 2.75) is 0 Å². The first-order chi connectivity index (χ1) is 4.47. The van der Waals surface area contributed by atoms with Gasteiger partial charge in [-0.3, -0.25) is 5.10 Å². The van der Waals surface area contributed by atoms with Gasteiger partial charge in [0, 0.05) is 5.39 Å². The van der Waals surface area contributed by atoms with E-state index >= 15 is 0 Å². The molecule has 0 saturated carbocycles. The molecule has 0 radical (unpaired) electrons. The lowest BCUT2D eigenvalue weighted by atomic mass is 10.3. The van der Waals surface area contributed by atoms with E-state index in [1.165, 1.54) is 0 Å². The number of para-hydroxylation sites is 1. The van der Waals surface area contributed by atoms with E-state index < -0.39 is 0 Å². The number of nitrogens with zero attached hydrogens (tertiary/aromatic N) is 1. The minimum atomic E-state index is 0. The summed E-state index contributed by atoms with van der Waals surface area (Å²) in [6.45, 7) is 0. The molecule has 0 aliphatic heterocycles. The first-order valence-corrected chi connectivity index (χ1v) is 2.85. The number of aromatic nitrogens is 2. The molecular formula is C7H7BrN2. The topological polar surface area (TPSA) is 28.7 Å². The van der Waals surface area contributed by atoms with E-state index in [1.54, 1.807) is 0 Å². The third-order valence-corrected chi connectivity index (χ3v) is 1.35. The standard InChI is InChI=1S/C7H6N2.BrH/c1-2-4-7-6(3-1)5-8-9-7;/h1-5H,(H,8,9);1H. The van der Waals surface area contributed by atoms with Gasteiger partial charge in [-0.1, -0.05) is 18.2 Å². The predicted octanol–water partition coefficient (Wildman–Crippen LogP) is 2.14. The van der Waals surface area contributed by atoms with Gasteiger partial charge in [-0.2, -0.15) is 5.10 Å². The van der Waals surface area contributed by atoms with Gasteiger partial charge in [0.1, 0.15) is 0 Å². The van der Waals surface area contributed by atoms with Crippen LogP contribution in [0.1, 0.15) is 0 Å². The van der Waals surface area contributed by atoms with Crippen LogP contribution in [0, 0.1) is 0 Å². The number of halogens is 1. The first-order valence-electron chi connectivity index (χ1n) is 2.85. The molecule has 0 aliphatic rings. The lowest BCUT2D eigenvalue weighted by molar-refractivity contribution is 1.12. The zero-order valence-corrected chi connectivity index (χ0v) is 6.96. The fraction of sp³-hybridized carbons (Fsp3) is 0. The Morgan fingerprint density at radius 1 is 1.20 bits per heavy atom. The third kappa shape index (κ3) is 1.04.